The molecule has 0 spiro atoms. The Morgan fingerprint density at radius 3 is 2.19 bits per heavy atom. The Balaban J connectivity index is 2.36. The lowest BCUT2D eigenvalue weighted by Gasteiger charge is -2.21. The van der Waals surface area contributed by atoms with E-state index in [2.05, 4.69) is 0 Å². The smallest absolute Gasteiger partial charge is 0.257 e. The first kappa shape index (κ1) is 15.4. The Kier molecular flexibility index (Phi) is 4.27. The second-order valence-electron chi connectivity index (χ2n) is 5.38. The van der Waals surface area contributed by atoms with Gasteiger partial charge in [-0.25, -0.2) is 0 Å². The first-order valence-corrected chi connectivity index (χ1v) is 6.73. The van der Waals surface area contributed by atoms with Crippen LogP contribution < -0.4 is 14.2 Å². The topological polar surface area (TPSA) is 68.2 Å². The number of benzene rings is 1. The Hall–Kier alpha value is -1.95. The summed E-state index contributed by atoms with van der Waals surface area (Å²) in [6.07, 6.45) is 0.564. The van der Waals surface area contributed by atoms with Crippen LogP contribution in [0.25, 0.3) is 0 Å². The lowest BCUT2D eigenvalue weighted by Crippen LogP contribution is -2.34. The van der Waals surface area contributed by atoms with Crippen LogP contribution in [-0.2, 0) is 0 Å². The first-order valence-electron chi connectivity index (χ1n) is 6.73. The molecule has 0 radical (unpaired) electrons. The zero-order chi connectivity index (χ0) is 15.6. The van der Waals surface area contributed by atoms with Crippen LogP contribution in [0.5, 0.6) is 17.2 Å². The predicted octanol–water partition coefficient (Wildman–Crippen LogP) is 1.31. The van der Waals surface area contributed by atoms with Crippen LogP contribution in [0, 0.1) is 0 Å². The Labute approximate surface area is 124 Å². The quantitative estimate of drug-likeness (QED) is 0.907. The van der Waals surface area contributed by atoms with Gasteiger partial charge in [0.1, 0.15) is 5.75 Å². The van der Waals surface area contributed by atoms with Crippen molar-refractivity contribution in [3.8, 4) is 17.2 Å². The van der Waals surface area contributed by atoms with E-state index in [-0.39, 0.29) is 5.91 Å². The van der Waals surface area contributed by atoms with Crippen molar-refractivity contribution < 1.29 is 24.1 Å². The number of likely N-dealkylation sites (tertiary alicyclic amines) is 1. The number of hydrogen-bond donors (Lipinski definition) is 1. The lowest BCUT2D eigenvalue weighted by atomic mass is 10.1. The number of β-amino-alcohol motifs (C(OH)–C–C–N with tert-alkyl or cyclic N) is 1. The van der Waals surface area contributed by atoms with Gasteiger partial charge in [0.05, 0.1) is 32.5 Å². The fourth-order valence-corrected chi connectivity index (χ4v) is 2.49. The molecule has 1 fully saturated rings. The Morgan fingerprint density at radius 2 is 1.71 bits per heavy atom. The SMILES string of the molecule is COc1cc(OC)c(C(=O)N2CCC(C)(O)C2)cc1OC. The van der Waals surface area contributed by atoms with Crippen molar-refractivity contribution in [2.24, 2.45) is 0 Å². The molecule has 6 heteroatoms. The molecule has 1 atom stereocenters. The van der Waals surface area contributed by atoms with E-state index < -0.39 is 5.60 Å². The minimum Gasteiger partial charge on any atom is -0.496 e. The summed E-state index contributed by atoms with van der Waals surface area (Å²) in [5.41, 5.74) is -0.438. The molecule has 6 nitrogen and oxygen atoms in total. The average molecular weight is 295 g/mol. The van der Waals surface area contributed by atoms with Crippen LogP contribution in [0.4, 0.5) is 0 Å². The molecule has 116 valence electrons. The van der Waals surface area contributed by atoms with Crippen LogP contribution in [0.3, 0.4) is 0 Å². The molecule has 1 aromatic rings. The molecular formula is C15H21NO5. The van der Waals surface area contributed by atoms with Gasteiger partial charge in [-0.1, -0.05) is 0 Å². The third kappa shape index (κ3) is 3.05. The van der Waals surface area contributed by atoms with Gasteiger partial charge in [-0.15, -0.1) is 0 Å². The van der Waals surface area contributed by atoms with Crippen LogP contribution in [0.15, 0.2) is 12.1 Å². The molecule has 1 N–H and O–H groups in total. The summed E-state index contributed by atoms with van der Waals surface area (Å²) in [6, 6.07) is 3.23. The maximum atomic E-state index is 12.6. The molecule has 1 aliphatic rings. The van der Waals surface area contributed by atoms with Gasteiger partial charge in [-0.3, -0.25) is 4.79 Å². The Bertz CT molecular complexity index is 541. The fourth-order valence-electron chi connectivity index (χ4n) is 2.49. The normalized spacial score (nSPS) is 21.3. The van der Waals surface area contributed by atoms with E-state index in [1.165, 1.54) is 21.3 Å². The van der Waals surface area contributed by atoms with Crippen molar-refractivity contribution in [2.45, 2.75) is 18.9 Å². The minimum absolute atomic E-state index is 0.189. The number of aliphatic hydroxyl groups is 1. The molecular weight excluding hydrogens is 274 g/mol. The number of carbonyl (C=O) groups excluding carboxylic acids is 1. The molecule has 1 amide bonds. The van der Waals surface area contributed by atoms with E-state index in [1.54, 1.807) is 24.0 Å². The summed E-state index contributed by atoms with van der Waals surface area (Å²) >= 11 is 0. The van der Waals surface area contributed by atoms with E-state index >= 15 is 0 Å². The summed E-state index contributed by atoms with van der Waals surface area (Å²) in [7, 11) is 4.54. The molecule has 21 heavy (non-hydrogen) atoms. The van der Waals surface area contributed by atoms with Crippen LogP contribution in [0.2, 0.25) is 0 Å². The highest BCUT2D eigenvalue weighted by atomic mass is 16.5. The van der Waals surface area contributed by atoms with Gasteiger partial charge in [0.2, 0.25) is 0 Å². The number of amides is 1. The van der Waals surface area contributed by atoms with Crippen molar-refractivity contribution in [3.63, 3.8) is 0 Å². The number of ether oxygens (including phenoxy) is 3. The van der Waals surface area contributed by atoms with Gasteiger partial charge < -0.3 is 24.2 Å². The minimum atomic E-state index is -0.834. The maximum absolute atomic E-state index is 12.6. The summed E-state index contributed by atoms with van der Waals surface area (Å²) in [5, 5.41) is 10.0. The van der Waals surface area contributed by atoms with Gasteiger partial charge in [0, 0.05) is 25.2 Å². The number of hydrogen-bond acceptors (Lipinski definition) is 5. The fraction of sp³-hybridized carbons (Fsp3) is 0.533. The second-order valence-corrected chi connectivity index (χ2v) is 5.38. The first-order chi connectivity index (χ1) is 9.91. The molecule has 1 aromatic carbocycles. The average Bonchev–Trinajstić information content (AvgIpc) is 2.85. The van der Waals surface area contributed by atoms with E-state index in [0.717, 1.165) is 0 Å². The molecule has 0 saturated carbocycles. The summed E-state index contributed by atoms with van der Waals surface area (Å²) in [4.78, 5) is 14.2. The van der Waals surface area contributed by atoms with Crippen LogP contribution >= 0.6 is 0 Å². The van der Waals surface area contributed by atoms with Crippen molar-refractivity contribution in [3.05, 3.63) is 17.7 Å². The number of carbonyl (C=O) groups is 1. The van der Waals surface area contributed by atoms with E-state index in [4.69, 9.17) is 14.2 Å². The predicted molar refractivity (Wildman–Crippen MR) is 77.2 cm³/mol. The third-order valence-corrected chi connectivity index (χ3v) is 3.68. The van der Waals surface area contributed by atoms with Gasteiger partial charge in [0.25, 0.3) is 5.91 Å². The highest BCUT2D eigenvalue weighted by molar-refractivity contribution is 5.98. The second kappa shape index (κ2) is 5.81. The highest BCUT2D eigenvalue weighted by Crippen LogP contribution is 2.36. The van der Waals surface area contributed by atoms with Crippen molar-refractivity contribution in [1.29, 1.82) is 0 Å². The summed E-state index contributed by atoms with van der Waals surface area (Å²) < 4.78 is 15.7. The van der Waals surface area contributed by atoms with Gasteiger partial charge >= 0.3 is 0 Å². The standard InChI is InChI=1S/C15H21NO5/c1-15(18)5-6-16(9-15)14(17)10-7-12(20-3)13(21-4)8-11(10)19-2/h7-8,18H,5-6,9H2,1-4H3. The van der Waals surface area contributed by atoms with Gasteiger partial charge in [-0.2, -0.15) is 0 Å². The molecule has 0 aliphatic carbocycles. The molecule has 1 heterocycles. The zero-order valence-electron chi connectivity index (χ0n) is 12.8. The molecule has 2 rings (SSSR count). The molecule has 1 saturated heterocycles. The molecule has 0 aromatic heterocycles. The van der Waals surface area contributed by atoms with Gasteiger partial charge in [0.15, 0.2) is 11.5 Å². The molecule has 0 bridgehead atoms. The van der Waals surface area contributed by atoms with Crippen LogP contribution in [-0.4, -0.2) is 55.9 Å². The van der Waals surface area contributed by atoms with E-state index in [0.29, 0.717) is 42.3 Å². The highest BCUT2D eigenvalue weighted by Gasteiger charge is 2.35. The van der Waals surface area contributed by atoms with Crippen molar-refractivity contribution >= 4 is 5.91 Å². The van der Waals surface area contributed by atoms with Crippen molar-refractivity contribution in [2.75, 3.05) is 34.4 Å². The monoisotopic (exact) mass is 295 g/mol. The van der Waals surface area contributed by atoms with E-state index in [1.807, 2.05) is 0 Å². The number of rotatable bonds is 4. The molecule has 1 unspecified atom stereocenters. The van der Waals surface area contributed by atoms with E-state index in [9.17, 15) is 9.90 Å². The summed E-state index contributed by atoms with van der Waals surface area (Å²) in [6.45, 7) is 2.55. The number of nitrogens with zero attached hydrogens (tertiary/aromatic N) is 1. The van der Waals surface area contributed by atoms with Crippen LogP contribution in [0.1, 0.15) is 23.7 Å². The third-order valence-electron chi connectivity index (χ3n) is 3.68. The Morgan fingerprint density at radius 1 is 1.14 bits per heavy atom. The lowest BCUT2D eigenvalue weighted by molar-refractivity contribution is 0.0570. The summed E-state index contributed by atoms with van der Waals surface area (Å²) in [5.74, 6) is 1.20. The number of methoxy groups -OCH3 is 3. The largest absolute Gasteiger partial charge is 0.496 e. The van der Waals surface area contributed by atoms with Gasteiger partial charge in [-0.05, 0) is 13.3 Å². The zero-order valence-corrected chi connectivity index (χ0v) is 12.8. The maximum Gasteiger partial charge on any atom is 0.257 e. The van der Waals surface area contributed by atoms with Crippen molar-refractivity contribution in [1.82, 2.24) is 4.90 Å². The molecule has 1 aliphatic heterocycles.